The van der Waals surface area contributed by atoms with Gasteiger partial charge in [0.15, 0.2) is 0 Å². The lowest BCUT2D eigenvalue weighted by Gasteiger charge is -2.42. The summed E-state index contributed by atoms with van der Waals surface area (Å²) in [4.78, 5) is 7.02. The Bertz CT molecular complexity index is 346. The highest BCUT2D eigenvalue weighted by Crippen LogP contribution is 2.40. The van der Waals surface area contributed by atoms with Crippen molar-refractivity contribution in [1.29, 1.82) is 0 Å². The predicted molar refractivity (Wildman–Crippen MR) is 66.5 cm³/mol. The van der Waals surface area contributed by atoms with E-state index in [1.54, 1.807) is 0 Å². The Kier molecular flexibility index (Phi) is 3.06. The molecule has 0 spiro atoms. The van der Waals surface area contributed by atoms with Gasteiger partial charge >= 0.3 is 0 Å². The van der Waals surface area contributed by atoms with Crippen molar-refractivity contribution in [3.63, 3.8) is 0 Å². The molecule has 1 aromatic rings. The van der Waals surface area contributed by atoms with Crippen LogP contribution in [0.25, 0.3) is 0 Å². The van der Waals surface area contributed by atoms with Crippen LogP contribution in [0.1, 0.15) is 32.4 Å². The van der Waals surface area contributed by atoms with Crippen LogP contribution in [0.15, 0.2) is 12.5 Å². The summed E-state index contributed by atoms with van der Waals surface area (Å²) in [7, 11) is 4.27. The molecule has 3 heteroatoms. The van der Waals surface area contributed by atoms with Crippen molar-refractivity contribution in [2.75, 3.05) is 20.1 Å². The van der Waals surface area contributed by atoms with Crippen LogP contribution >= 0.6 is 0 Å². The van der Waals surface area contributed by atoms with E-state index in [1.165, 1.54) is 31.6 Å². The first-order chi connectivity index (χ1) is 7.54. The van der Waals surface area contributed by atoms with Crippen molar-refractivity contribution in [2.24, 2.45) is 13.0 Å². The minimum atomic E-state index is 0.299. The van der Waals surface area contributed by atoms with E-state index in [4.69, 9.17) is 0 Å². The Morgan fingerprint density at radius 1 is 1.25 bits per heavy atom. The molecule has 0 aliphatic carbocycles. The van der Waals surface area contributed by atoms with E-state index in [0.717, 1.165) is 0 Å². The standard InChI is InChI=1S/C13H23N3/c1-11(2)13(5-7-15(3)8-6-13)12-9-16(4)10-14-12/h9-11H,5-8H2,1-4H3. The number of hydrogen-bond donors (Lipinski definition) is 0. The molecule has 3 nitrogen and oxygen atoms in total. The molecule has 1 aromatic heterocycles. The highest BCUT2D eigenvalue weighted by molar-refractivity contribution is 5.17. The molecule has 1 saturated heterocycles. The largest absolute Gasteiger partial charge is 0.340 e. The lowest BCUT2D eigenvalue weighted by molar-refractivity contribution is 0.143. The Hall–Kier alpha value is -0.830. The summed E-state index contributed by atoms with van der Waals surface area (Å²) in [5.41, 5.74) is 1.59. The second-order valence-corrected chi connectivity index (χ2v) is 5.54. The lowest BCUT2D eigenvalue weighted by atomic mass is 9.68. The van der Waals surface area contributed by atoms with E-state index in [0.29, 0.717) is 11.3 Å². The maximum atomic E-state index is 4.60. The van der Waals surface area contributed by atoms with E-state index in [1.807, 2.05) is 6.33 Å². The summed E-state index contributed by atoms with van der Waals surface area (Å²) in [6.07, 6.45) is 6.60. The monoisotopic (exact) mass is 221 g/mol. The van der Waals surface area contributed by atoms with E-state index in [2.05, 4.69) is 48.6 Å². The van der Waals surface area contributed by atoms with E-state index >= 15 is 0 Å². The minimum Gasteiger partial charge on any atom is -0.340 e. The van der Waals surface area contributed by atoms with Gasteiger partial charge in [-0.15, -0.1) is 0 Å². The highest BCUT2D eigenvalue weighted by atomic mass is 15.1. The van der Waals surface area contributed by atoms with Gasteiger partial charge in [0, 0.05) is 18.7 Å². The summed E-state index contributed by atoms with van der Waals surface area (Å²) in [6.45, 7) is 7.05. The molecule has 0 radical (unpaired) electrons. The van der Waals surface area contributed by atoms with Crippen LogP contribution in [0.4, 0.5) is 0 Å². The van der Waals surface area contributed by atoms with Crippen LogP contribution in [0.3, 0.4) is 0 Å². The number of rotatable bonds is 2. The number of nitrogens with zero attached hydrogens (tertiary/aromatic N) is 3. The van der Waals surface area contributed by atoms with Crippen LogP contribution in [0.5, 0.6) is 0 Å². The molecule has 16 heavy (non-hydrogen) atoms. The van der Waals surface area contributed by atoms with Crippen LogP contribution in [0, 0.1) is 5.92 Å². The van der Waals surface area contributed by atoms with E-state index in [9.17, 15) is 0 Å². The van der Waals surface area contributed by atoms with Gasteiger partial charge in [-0.25, -0.2) is 4.98 Å². The van der Waals surface area contributed by atoms with Crippen LogP contribution in [-0.4, -0.2) is 34.6 Å². The molecule has 1 aliphatic heterocycles. The normalized spacial score (nSPS) is 21.6. The van der Waals surface area contributed by atoms with Crippen LogP contribution in [-0.2, 0) is 12.5 Å². The third-order valence-corrected chi connectivity index (χ3v) is 4.20. The zero-order valence-electron chi connectivity index (χ0n) is 10.9. The second kappa shape index (κ2) is 4.21. The lowest BCUT2D eigenvalue weighted by Crippen LogP contribution is -2.44. The van der Waals surface area contributed by atoms with E-state index < -0.39 is 0 Å². The third-order valence-electron chi connectivity index (χ3n) is 4.20. The zero-order valence-corrected chi connectivity index (χ0v) is 10.9. The summed E-state index contributed by atoms with van der Waals surface area (Å²) in [6, 6.07) is 0. The molecule has 2 rings (SSSR count). The second-order valence-electron chi connectivity index (χ2n) is 5.54. The van der Waals surface area contributed by atoms with Gasteiger partial charge in [0.2, 0.25) is 0 Å². The third kappa shape index (κ3) is 1.88. The van der Waals surface area contributed by atoms with Gasteiger partial charge in [0.25, 0.3) is 0 Å². The minimum absolute atomic E-state index is 0.299. The number of piperidine rings is 1. The zero-order chi connectivity index (χ0) is 11.8. The molecule has 0 bridgehead atoms. The van der Waals surface area contributed by atoms with Crippen LogP contribution in [0.2, 0.25) is 0 Å². The number of aromatic nitrogens is 2. The molecular weight excluding hydrogens is 198 g/mol. The van der Waals surface area contributed by atoms with Gasteiger partial charge in [-0.2, -0.15) is 0 Å². The van der Waals surface area contributed by atoms with Gasteiger partial charge in [-0.05, 0) is 38.9 Å². The van der Waals surface area contributed by atoms with Crippen molar-refractivity contribution in [3.8, 4) is 0 Å². The smallest absolute Gasteiger partial charge is 0.0947 e. The maximum absolute atomic E-state index is 4.60. The molecule has 0 atom stereocenters. The molecule has 0 aromatic carbocycles. The van der Waals surface area contributed by atoms with Crippen molar-refractivity contribution in [1.82, 2.24) is 14.5 Å². The van der Waals surface area contributed by atoms with Crippen molar-refractivity contribution in [2.45, 2.75) is 32.1 Å². The molecule has 90 valence electrons. The quantitative estimate of drug-likeness (QED) is 0.762. The SMILES string of the molecule is CC(C)C1(c2cn(C)cn2)CCN(C)CC1. The van der Waals surface area contributed by atoms with Gasteiger partial charge in [-0.3, -0.25) is 0 Å². The predicted octanol–water partition coefficient (Wildman–Crippen LogP) is 2.04. The first-order valence-corrected chi connectivity index (χ1v) is 6.21. The molecule has 1 aliphatic rings. The fraction of sp³-hybridized carbons (Fsp3) is 0.769. The van der Waals surface area contributed by atoms with Crippen LogP contribution < -0.4 is 0 Å². The Morgan fingerprint density at radius 2 is 1.88 bits per heavy atom. The molecule has 0 saturated carbocycles. The average molecular weight is 221 g/mol. The number of aryl methyl sites for hydroxylation is 1. The summed E-state index contributed by atoms with van der Waals surface area (Å²) >= 11 is 0. The summed E-state index contributed by atoms with van der Waals surface area (Å²) < 4.78 is 2.07. The Balaban J connectivity index is 2.29. The van der Waals surface area contributed by atoms with Crippen molar-refractivity contribution in [3.05, 3.63) is 18.2 Å². The first-order valence-electron chi connectivity index (χ1n) is 6.21. The molecule has 2 heterocycles. The molecule has 0 amide bonds. The molecule has 0 N–H and O–H groups in total. The first kappa shape index (κ1) is 11.6. The molecular formula is C13H23N3. The van der Waals surface area contributed by atoms with Crippen molar-refractivity contribution >= 4 is 0 Å². The highest BCUT2D eigenvalue weighted by Gasteiger charge is 2.39. The summed E-state index contributed by atoms with van der Waals surface area (Å²) in [5.74, 6) is 0.663. The molecule has 1 fully saturated rings. The maximum Gasteiger partial charge on any atom is 0.0947 e. The van der Waals surface area contributed by atoms with Gasteiger partial charge in [-0.1, -0.05) is 13.8 Å². The summed E-state index contributed by atoms with van der Waals surface area (Å²) in [5, 5.41) is 0. The Labute approximate surface area is 98.5 Å². The van der Waals surface area contributed by atoms with E-state index in [-0.39, 0.29) is 0 Å². The number of hydrogen-bond acceptors (Lipinski definition) is 2. The van der Waals surface area contributed by atoms with Gasteiger partial charge in [0.1, 0.15) is 0 Å². The topological polar surface area (TPSA) is 21.1 Å². The average Bonchev–Trinajstić information content (AvgIpc) is 2.66. The van der Waals surface area contributed by atoms with Gasteiger partial charge in [0.05, 0.1) is 12.0 Å². The van der Waals surface area contributed by atoms with Crippen molar-refractivity contribution < 1.29 is 0 Å². The number of likely N-dealkylation sites (tertiary alicyclic amines) is 1. The number of imidazole rings is 1. The fourth-order valence-electron chi connectivity index (χ4n) is 2.82. The fourth-order valence-corrected chi connectivity index (χ4v) is 2.82. The van der Waals surface area contributed by atoms with Gasteiger partial charge < -0.3 is 9.47 Å². The molecule has 0 unspecified atom stereocenters. The Morgan fingerprint density at radius 3 is 2.31 bits per heavy atom.